The van der Waals surface area contributed by atoms with Crippen LogP contribution >= 0.6 is 0 Å². The first-order valence-electron chi connectivity index (χ1n) is 7.82. The van der Waals surface area contributed by atoms with Gasteiger partial charge < -0.3 is 10.2 Å². The summed E-state index contributed by atoms with van der Waals surface area (Å²) in [6.45, 7) is 3.44. The van der Waals surface area contributed by atoms with E-state index in [-0.39, 0.29) is 0 Å². The largest absolute Gasteiger partial charge is 0.356 e. The van der Waals surface area contributed by atoms with E-state index in [1.807, 2.05) is 0 Å². The van der Waals surface area contributed by atoms with Crippen LogP contribution < -0.4 is 10.2 Å². The van der Waals surface area contributed by atoms with Gasteiger partial charge in [-0.25, -0.2) is 4.98 Å². The van der Waals surface area contributed by atoms with Crippen molar-refractivity contribution in [3.8, 4) is 0 Å². The molecule has 0 amide bonds. The quantitative estimate of drug-likeness (QED) is 0.898. The first-order chi connectivity index (χ1) is 9.38. The van der Waals surface area contributed by atoms with Crippen LogP contribution in [-0.4, -0.2) is 24.1 Å². The van der Waals surface area contributed by atoms with E-state index in [0.717, 1.165) is 24.4 Å². The maximum atomic E-state index is 4.67. The summed E-state index contributed by atoms with van der Waals surface area (Å²) < 4.78 is 0. The van der Waals surface area contributed by atoms with Crippen molar-refractivity contribution < 1.29 is 0 Å². The fourth-order valence-corrected chi connectivity index (χ4v) is 3.68. The highest BCUT2D eigenvalue weighted by molar-refractivity contribution is 5.41. The molecule has 1 saturated heterocycles. The van der Waals surface area contributed by atoms with Gasteiger partial charge in [-0.3, -0.25) is 0 Å². The first kappa shape index (κ1) is 11.7. The number of hydrogen-bond donors (Lipinski definition) is 1. The van der Waals surface area contributed by atoms with Crippen LogP contribution in [0, 0.1) is 11.8 Å². The molecule has 2 saturated carbocycles. The van der Waals surface area contributed by atoms with E-state index < -0.39 is 0 Å². The molecule has 2 atom stereocenters. The molecule has 3 heteroatoms. The van der Waals surface area contributed by atoms with Gasteiger partial charge in [0.25, 0.3) is 0 Å². The molecule has 0 radical (unpaired) electrons. The molecule has 0 aromatic carbocycles. The Bertz CT molecular complexity index is 426. The van der Waals surface area contributed by atoms with E-state index in [9.17, 15) is 0 Å². The van der Waals surface area contributed by atoms with Crippen LogP contribution in [0.4, 0.5) is 5.82 Å². The second kappa shape index (κ2) is 4.78. The molecule has 19 heavy (non-hydrogen) atoms. The van der Waals surface area contributed by atoms with Crippen molar-refractivity contribution in [2.24, 2.45) is 11.8 Å². The summed E-state index contributed by atoms with van der Waals surface area (Å²) in [5.41, 5.74) is 1.31. The molecule has 102 valence electrons. The van der Waals surface area contributed by atoms with Gasteiger partial charge in [-0.1, -0.05) is 12.5 Å². The summed E-state index contributed by atoms with van der Waals surface area (Å²) in [4.78, 5) is 7.16. The van der Waals surface area contributed by atoms with Gasteiger partial charge in [-0.05, 0) is 49.1 Å². The van der Waals surface area contributed by atoms with E-state index in [0.29, 0.717) is 0 Å². The minimum absolute atomic E-state index is 0.776. The lowest BCUT2D eigenvalue weighted by atomic mass is 10.0. The fraction of sp³-hybridized carbons (Fsp3) is 0.688. The minimum Gasteiger partial charge on any atom is -0.356 e. The Kier molecular flexibility index (Phi) is 2.95. The number of aromatic nitrogens is 1. The van der Waals surface area contributed by atoms with Gasteiger partial charge in [-0.15, -0.1) is 0 Å². The van der Waals surface area contributed by atoms with Gasteiger partial charge in [-0.2, -0.15) is 0 Å². The van der Waals surface area contributed by atoms with E-state index in [1.165, 1.54) is 56.6 Å². The fourth-order valence-electron chi connectivity index (χ4n) is 3.68. The second-order valence-electron chi connectivity index (χ2n) is 6.54. The lowest BCUT2D eigenvalue weighted by Gasteiger charge is -2.18. The van der Waals surface area contributed by atoms with Crippen molar-refractivity contribution in [2.75, 3.05) is 18.0 Å². The van der Waals surface area contributed by atoms with E-state index in [4.69, 9.17) is 0 Å². The molecule has 1 aromatic heterocycles. The third kappa shape index (κ3) is 2.48. The summed E-state index contributed by atoms with van der Waals surface area (Å²) >= 11 is 0. The predicted molar refractivity (Wildman–Crippen MR) is 77.1 cm³/mol. The third-order valence-electron chi connectivity index (χ3n) is 5.03. The Morgan fingerprint density at radius 1 is 1.11 bits per heavy atom. The highest BCUT2D eigenvalue weighted by Crippen LogP contribution is 2.39. The average Bonchev–Trinajstić information content (AvgIpc) is 3.01. The van der Waals surface area contributed by atoms with Gasteiger partial charge in [0.05, 0.1) is 0 Å². The smallest absolute Gasteiger partial charge is 0.128 e. The number of hydrogen-bond acceptors (Lipinski definition) is 3. The number of pyridine rings is 1. The van der Waals surface area contributed by atoms with Gasteiger partial charge in [0.2, 0.25) is 0 Å². The highest BCUT2D eigenvalue weighted by Gasteiger charge is 2.36. The monoisotopic (exact) mass is 257 g/mol. The van der Waals surface area contributed by atoms with Crippen molar-refractivity contribution in [1.29, 1.82) is 0 Å². The molecule has 1 aromatic rings. The summed E-state index contributed by atoms with van der Waals surface area (Å²) in [5.74, 6) is 3.07. The zero-order chi connectivity index (χ0) is 12.7. The second-order valence-corrected chi connectivity index (χ2v) is 6.54. The molecule has 0 bridgehead atoms. The molecule has 4 rings (SSSR count). The lowest BCUT2D eigenvalue weighted by Crippen LogP contribution is -2.22. The zero-order valence-corrected chi connectivity index (χ0v) is 11.5. The highest BCUT2D eigenvalue weighted by atomic mass is 15.2. The van der Waals surface area contributed by atoms with Crippen LogP contribution in [0.25, 0.3) is 0 Å². The number of nitrogens with zero attached hydrogens (tertiary/aromatic N) is 2. The van der Waals surface area contributed by atoms with E-state index in [1.54, 1.807) is 0 Å². The standard InChI is InChI=1S/C16H23N3/c1-2-13-10-19(11-14(13)3-1)16-7-4-12(9-18-16)8-17-15-5-6-15/h4,7,9,13-15,17H,1-3,5-6,8,10-11H2. The van der Waals surface area contributed by atoms with Crippen molar-refractivity contribution in [3.05, 3.63) is 23.9 Å². The SMILES string of the molecule is c1cc(N2CC3CCCC3C2)ncc1CNC1CC1. The first-order valence-corrected chi connectivity index (χ1v) is 7.82. The van der Waals surface area contributed by atoms with Crippen LogP contribution in [0.1, 0.15) is 37.7 Å². The Labute approximate surface area is 115 Å². The van der Waals surface area contributed by atoms with E-state index >= 15 is 0 Å². The number of fused-ring (bicyclic) bond motifs is 1. The lowest BCUT2D eigenvalue weighted by molar-refractivity contribution is 0.494. The number of anilines is 1. The summed E-state index contributed by atoms with van der Waals surface area (Å²) in [7, 11) is 0. The Hall–Kier alpha value is -1.09. The molecule has 2 heterocycles. The summed E-state index contributed by atoms with van der Waals surface area (Å²) in [6.07, 6.45) is 9.07. The van der Waals surface area contributed by atoms with Crippen LogP contribution in [0.2, 0.25) is 0 Å². The predicted octanol–water partition coefficient (Wildman–Crippen LogP) is 2.57. The van der Waals surface area contributed by atoms with Crippen LogP contribution in [-0.2, 0) is 6.54 Å². The summed E-state index contributed by atoms with van der Waals surface area (Å²) in [6, 6.07) is 5.23. The van der Waals surface area contributed by atoms with Gasteiger partial charge in [0.1, 0.15) is 5.82 Å². The molecule has 3 aliphatic rings. The van der Waals surface area contributed by atoms with Crippen molar-refractivity contribution in [3.63, 3.8) is 0 Å². The molecule has 2 aliphatic carbocycles. The number of rotatable bonds is 4. The Balaban J connectivity index is 1.38. The van der Waals surface area contributed by atoms with E-state index in [2.05, 4.69) is 33.5 Å². The average molecular weight is 257 g/mol. The van der Waals surface area contributed by atoms with Gasteiger partial charge in [0.15, 0.2) is 0 Å². The molecule has 3 nitrogen and oxygen atoms in total. The van der Waals surface area contributed by atoms with Gasteiger partial charge in [0, 0.05) is 31.9 Å². The minimum atomic E-state index is 0.776. The zero-order valence-electron chi connectivity index (χ0n) is 11.5. The molecular weight excluding hydrogens is 234 g/mol. The topological polar surface area (TPSA) is 28.2 Å². The molecule has 1 N–H and O–H groups in total. The number of nitrogens with one attached hydrogen (secondary N) is 1. The van der Waals surface area contributed by atoms with Crippen LogP contribution in [0.15, 0.2) is 18.3 Å². The van der Waals surface area contributed by atoms with Gasteiger partial charge >= 0.3 is 0 Å². The normalized spacial score (nSPS) is 29.8. The summed E-state index contributed by atoms with van der Waals surface area (Å²) in [5, 5.41) is 3.54. The van der Waals surface area contributed by atoms with Crippen LogP contribution in [0.5, 0.6) is 0 Å². The van der Waals surface area contributed by atoms with Crippen molar-refractivity contribution in [2.45, 2.75) is 44.7 Å². The van der Waals surface area contributed by atoms with Crippen LogP contribution in [0.3, 0.4) is 0 Å². The molecule has 2 unspecified atom stereocenters. The molecule has 1 aliphatic heterocycles. The molecule has 3 fully saturated rings. The maximum Gasteiger partial charge on any atom is 0.128 e. The van der Waals surface area contributed by atoms with Crippen molar-refractivity contribution >= 4 is 5.82 Å². The Morgan fingerprint density at radius 3 is 2.53 bits per heavy atom. The Morgan fingerprint density at radius 2 is 1.89 bits per heavy atom. The third-order valence-corrected chi connectivity index (χ3v) is 5.03. The van der Waals surface area contributed by atoms with Crippen molar-refractivity contribution in [1.82, 2.24) is 10.3 Å². The molecular formula is C16H23N3. The maximum absolute atomic E-state index is 4.67. The molecule has 0 spiro atoms.